The third kappa shape index (κ3) is 5.51. The number of nitrogens with zero attached hydrogens (tertiary/aromatic N) is 3. The number of hydrogen-bond donors (Lipinski definition) is 0. The van der Waals surface area contributed by atoms with Gasteiger partial charge >= 0.3 is 6.18 Å². The molecule has 2 fully saturated rings. The smallest absolute Gasteiger partial charge is 0.417 e. The van der Waals surface area contributed by atoms with E-state index in [0.29, 0.717) is 56.3 Å². The van der Waals surface area contributed by atoms with Crippen molar-refractivity contribution in [1.29, 1.82) is 0 Å². The first-order valence-electron chi connectivity index (χ1n) is 10.8. The van der Waals surface area contributed by atoms with Gasteiger partial charge in [-0.3, -0.25) is 4.79 Å². The highest BCUT2D eigenvalue weighted by Gasteiger charge is 2.31. The number of anilines is 1. The van der Waals surface area contributed by atoms with Gasteiger partial charge < -0.3 is 19.3 Å². The van der Waals surface area contributed by atoms with Gasteiger partial charge in [0.25, 0.3) is 5.91 Å². The van der Waals surface area contributed by atoms with E-state index in [1.54, 1.807) is 29.2 Å². The molecular weight excluding hydrogens is 423 g/mol. The lowest BCUT2D eigenvalue weighted by Crippen LogP contribution is -2.35. The normalized spacial score (nSPS) is 19.7. The molecule has 1 aromatic heterocycles. The average molecular weight is 449 g/mol. The number of carbonyl (C=O) groups is 1. The predicted molar refractivity (Wildman–Crippen MR) is 113 cm³/mol. The number of halogens is 3. The molecule has 0 saturated carbocycles. The quantitative estimate of drug-likeness (QED) is 0.691. The molecule has 2 aromatic rings. The van der Waals surface area contributed by atoms with Crippen molar-refractivity contribution >= 4 is 11.7 Å². The van der Waals surface area contributed by atoms with Crippen molar-refractivity contribution in [2.45, 2.75) is 31.5 Å². The maximum Gasteiger partial charge on any atom is 0.417 e. The summed E-state index contributed by atoms with van der Waals surface area (Å²) in [6, 6.07) is 9.52. The number of aromatic nitrogens is 1. The average Bonchev–Trinajstić information content (AvgIpc) is 3.20. The standard InChI is InChI=1S/C23H26F3N3O3/c24-23(25,26)18-6-9-21(27-15-18)28-10-2-11-29(13-12-28)22(30)17-4-7-19(8-5-17)32-16-20-3-1-14-31-20/h4-9,15,20H,1-3,10-14,16H2/t20-/m0/s1. The lowest BCUT2D eigenvalue weighted by atomic mass is 10.2. The molecule has 0 spiro atoms. The van der Waals surface area contributed by atoms with Crippen molar-refractivity contribution in [3.05, 3.63) is 53.7 Å². The second-order valence-electron chi connectivity index (χ2n) is 8.01. The second-order valence-corrected chi connectivity index (χ2v) is 8.01. The van der Waals surface area contributed by atoms with Crippen LogP contribution in [-0.2, 0) is 10.9 Å². The van der Waals surface area contributed by atoms with Gasteiger partial charge in [-0.05, 0) is 55.7 Å². The Balaban J connectivity index is 1.32. The van der Waals surface area contributed by atoms with E-state index >= 15 is 0 Å². The van der Waals surface area contributed by atoms with Crippen molar-refractivity contribution in [2.24, 2.45) is 0 Å². The molecule has 172 valence electrons. The van der Waals surface area contributed by atoms with Crippen molar-refractivity contribution < 1.29 is 27.4 Å². The predicted octanol–water partition coefficient (Wildman–Crippen LogP) is 4.01. The topological polar surface area (TPSA) is 54.9 Å². The summed E-state index contributed by atoms with van der Waals surface area (Å²) in [5.41, 5.74) is -0.188. The minimum atomic E-state index is -4.40. The highest BCUT2D eigenvalue weighted by molar-refractivity contribution is 5.94. The number of ether oxygens (including phenoxy) is 2. The molecule has 0 aliphatic carbocycles. The van der Waals surface area contributed by atoms with Gasteiger partial charge in [0.1, 0.15) is 18.2 Å². The lowest BCUT2D eigenvalue weighted by molar-refractivity contribution is -0.137. The van der Waals surface area contributed by atoms with Crippen LogP contribution in [0.3, 0.4) is 0 Å². The van der Waals surface area contributed by atoms with Gasteiger partial charge in [0.05, 0.1) is 11.7 Å². The van der Waals surface area contributed by atoms with Crippen molar-refractivity contribution in [3.8, 4) is 5.75 Å². The molecule has 0 radical (unpaired) electrons. The fraction of sp³-hybridized carbons (Fsp3) is 0.478. The maximum atomic E-state index is 12.9. The Labute approximate surface area is 184 Å². The number of pyridine rings is 1. The molecule has 32 heavy (non-hydrogen) atoms. The van der Waals surface area contributed by atoms with Crippen LogP contribution < -0.4 is 9.64 Å². The molecule has 4 rings (SSSR count). The molecule has 2 saturated heterocycles. The van der Waals surface area contributed by atoms with Crippen molar-refractivity contribution in [1.82, 2.24) is 9.88 Å². The minimum Gasteiger partial charge on any atom is -0.491 e. The van der Waals surface area contributed by atoms with Crippen LogP contribution in [0.25, 0.3) is 0 Å². The number of benzene rings is 1. The Morgan fingerprint density at radius 1 is 1.06 bits per heavy atom. The summed E-state index contributed by atoms with van der Waals surface area (Å²) in [4.78, 5) is 20.6. The first kappa shape index (κ1) is 22.4. The zero-order valence-corrected chi connectivity index (χ0v) is 17.7. The molecule has 0 unspecified atom stereocenters. The van der Waals surface area contributed by atoms with Gasteiger partial charge in [-0.2, -0.15) is 13.2 Å². The number of amides is 1. The van der Waals surface area contributed by atoms with E-state index in [0.717, 1.165) is 31.7 Å². The SMILES string of the molecule is O=C(c1ccc(OC[C@@H]2CCCO2)cc1)N1CCCN(c2ccc(C(F)(F)F)cn2)CC1. The fourth-order valence-electron chi connectivity index (χ4n) is 3.93. The molecule has 0 bridgehead atoms. The van der Waals surface area contributed by atoms with E-state index in [1.807, 2.05) is 4.90 Å². The fourth-order valence-corrected chi connectivity index (χ4v) is 3.93. The molecular formula is C23H26F3N3O3. The van der Waals surface area contributed by atoms with Gasteiger partial charge in [0, 0.05) is 44.5 Å². The van der Waals surface area contributed by atoms with Crippen molar-refractivity contribution in [3.63, 3.8) is 0 Å². The van der Waals surface area contributed by atoms with Gasteiger partial charge in [-0.1, -0.05) is 0 Å². The van der Waals surface area contributed by atoms with E-state index in [2.05, 4.69) is 4.98 Å². The van der Waals surface area contributed by atoms with Crippen LogP contribution in [0.2, 0.25) is 0 Å². The first-order valence-corrected chi connectivity index (χ1v) is 10.8. The van der Waals surface area contributed by atoms with Gasteiger partial charge in [0.15, 0.2) is 0 Å². The number of carbonyl (C=O) groups excluding carboxylic acids is 1. The summed E-state index contributed by atoms with van der Waals surface area (Å²) in [5.74, 6) is 1.12. The Bertz CT molecular complexity index is 897. The van der Waals surface area contributed by atoms with Gasteiger partial charge in [0.2, 0.25) is 0 Å². The largest absolute Gasteiger partial charge is 0.491 e. The summed E-state index contributed by atoms with van der Waals surface area (Å²) in [6.45, 7) is 3.47. The third-order valence-electron chi connectivity index (χ3n) is 5.74. The summed E-state index contributed by atoms with van der Waals surface area (Å²) in [7, 11) is 0. The molecule has 2 aliphatic rings. The summed E-state index contributed by atoms with van der Waals surface area (Å²) in [5, 5.41) is 0. The highest BCUT2D eigenvalue weighted by atomic mass is 19.4. The molecule has 0 N–H and O–H groups in total. The van der Waals surface area contributed by atoms with E-state index < -0.39 is 11.7 Å². The van der Waals surface area contributed by atoms with Crippen LogP contribution in [0.15, 0.2) is 42.6 Å². The minimum absolute atomic E-state index is 0.0714. The van der Waals surface area contributed by atoms with Crippen LogP contribution in [0.1, 0.15) is 35.2 Å². The lowest BCUT2D eigenvalue weighted by Gasteiger charge is -2.23. The summed E-state index contributed by atoms with van der Waals surface area (Å²) >= 11 is 0. The zero-order chi connectivity index (χ0) is 22.6. The Kier molecular flexibility index (Phi) is 6.83. The van der Waals surface area contributed by atoms with Crippen LogP contribution in [0, 0.1) is 0 Å². The molecule has 9 heteroatoms. The van der Waals surface area contributed by atoms with Crippen LogP contribution >= 0.6 is 0 Å². The molecule has 1 aromatic carbocycles. The van der Waals surface area contributed by atoms with E-state index in [1.165, 1.54) is 6.07 Å². The van der Waals surface area contributed by atoms with Crippen LogP contribution in [0.4, 0.5) is 19.0 Å². The Morgan fingerprint density at radius 2 is 1.88 bits per heavy atom. The number of alkyl halides is 3. The molecule has 6 nitrogen and oxygen atoms in total. The second kappa shape index (κ2) is 9.77. The Hall–Kier alpha value is -2.81. The monoisotopic (exact) mass is 449 g/mol. The zero-order valence-electron chi connectivity index (χ0n) is 17.7. The van der Waals surface area contributed by atoms with E-state index in [-0.39, 0.29) is 12.0 Å². The summed E-state index contributed by atoms with van der Waals surface area (Å²) < 4.78 is 49.6. The van der Waals surface area contributed by atoms with Crippen LogP contribution in [0.5, 0.6) is 5.75 Å². The third-order valence-corrected chi connectivity index (χ3v) is 5.74. The highest BCUT2D eigenvalue weighted by Crippen LogP contribution is 2.29. The first-order chi connectivity index (χ1) is 15.4. The van der Waals surface area contributed by atoms with Crippen molar-refractivity contribution in [2.75, 3.05) is 44.3 Å². The number of hydrogen-bond acceptors (Lipinski definition) is 5. The molecule has 1 atom stereocenters. The van der Waals surface area contributed by atoms with Gasteiger partial charge in [-0.25, -0.2) is 4.98 Å². The van der Waals surface area contributed by atoms with E-state index in [9.17, 15) is 18.0 Å². The molecule has 1 amide bonds. The van der Waals surface area contributed by atoms with E-state index in [4.69, 9.17) is 9.47 Å². The van der Waals surface area contributed by atoms with Crippen LogP contribution in [-0.4, -0.2) is 61.3 Å². The molecule has 3 heterocycles. The number of rotatable bonds is 5. The Morgan fingerprint density at radius 3 is 2.53 bits per heavy atom. The van der Waals surface area contributed by atoms with Gasteiger partial charge in [-0.15, -0.1) is 0 Å². The molecule has 2 aliphatic heterocycles. The summed E-state index contributed by atoms with van der Waals surface area (Å²) in [6.07, 6.45) is -0.648. The maximum absolute atomic E-state index is 12.9.